The van der Waals surface area contributed by atoms with E-state index in [1.807, 2.05) is 31.2 Å². The first-order valence-electron chi connectivity index (χ1n) is 5.45. The van der Waals surface area contributed by atoms with E-state index < -0.39 is 0 Å². The number of hydrogen-bond donors (Lipinski definition) is 2. The number of carbonyl (C=O) groups excluding carboxylic acids is 1. The highest BCUT2D eigenvalue weighted by atomic mass is 16.3. The second-order valence-corrected chi connectivity index (χ2v) is 4.12. The Morgan fingerprint density at radius 3 is 2.88 bits per heavy atom. The molecule has 1 amide bonds. The maximum atomic E-state index is 12.0. The second-order valence-electron chi connectivity index (χ2n) is 4.12. The van der Waals surface area contributed by atoms with Crippen LogP contribution in [0.15, 0.2) is 41.0 Å². The quantitative estimate of drug-likeness (QED) is 0.788. The monoisotopic (exact) mass is 228 g/mol. The average molecular weight is 228 g/mol. The van der Waals surface area contributed by atoms with Gasteiger partial charge in [0.05, 0.1) is 11.8 Å². The van der Waals surface area contributed by atoms with E-state index in [1.54, 1.807) is 12.3 Å². The molecule has 1 unspecified atom stereocenters. The summed E-state index contributed by atoms with van der Waals surface area (Å²) in [5.41, 5.74) is 2.57. The van der Waals surface area contributed by atoms with Crippen molar-refractivity contribution < 1.29 is 9.21 Å². The molecule has 4 heteroatoms. The molecule has 4 nitrogen and oxygen atoms in total. The molecule has 0 saturated carbocycles. The zero-order chi connectivity index (χ0) is 11.8. The lowest BCUT2D eigenvalue weighted by molar-refractivity contribution is 0.0931. The third-order valence-corrected chi connectivity index (χ3v) is 2.82. The lowest BCUT2D eigenvalue weighted by atomic mass is 10.1. The molecule has 1 aliphatic rings. The maximum Gasteiger partial charge on any atom is 0.255 e. The summed E-state index contributed by atoms with van der Waals surface area (Å²) in [5.74, 6) is 0.619. The van der Waals surface area contributed by atoms with E-state index in [4.69, 9.17) is 4.42 Å². The van der Waals surface area contributed by atoms with Crippen molar-refractivity contribution in [1.82, 2.24) is 5.32 Å². The van der Waals surface area contributed by atoms with E-state index in [-0.39, 0.29) is 12.1 Å². The molecule has 17 heavy (non-hydrogen) atoms. The van der Waals surface area contributed by atoms with Gasteiger partial charge in [-0.15, -0.1) is 0 Å². The Hall–Kier alpha value is -2.23. The normalized spacial score (nSPS) is 18.2. The van der Waals surface area contributed by atoms with E-state index in [0.717, 1.165) is 11.3 Å². The predicted molar refractivity (Wildman–Crippen MR) is 63.7 cm³/mol. The van der Waals surface area contributed by atoms with Crippen molar-refractivity contribution in [2.24, 2.45) is 0 Å². The van der Waals surface area contributed by atoms with Crippen LogP contribution in [-0.2, 0) is 0 Å². The summed E-state index contributed by atoms with van der Waals surface area (Å²) in [7, 11) is 0. The molecule has 1 aliphatic heterocycles. The smallest absolute Gasteiger partial charge is 0.255 e. The van der Waals surface area contributed by atoms with Crippen molar-refractivity contribution in [3.8, 4) is 0 Å². The Morgan fingerprint density at radius 1 is 1.24 bits per heavy atom. The maximum absolute atomic E-state index is 12.0. The number of rotatable bonds is 1. The van der Waals surface area contributed by atoms with Crippen LogP contribution in [0.3, 0.4) is 0 Å². The third kappa shape index (κ3) is 1.67. The SMILES string of the molecule is Cc1ccc2c(c1)C(=O)NC(c1ccco1)N2. The van der Waals surface area contributed by atoms with E-state index in [9.17, 15) is 4.79 Å². The minimum Gasteiger partial charge on any atom is -0.465 e. The fourth-order valence-electron chi connectivity index (χ4n) is 1.97. The fourth-order valence-corrected chi connectivity index (χ4v) is 1.97. The number of anilines is 1. The van der Waals surface area contributed by atoms with Gasteiger partial charge >= 0.3 is 0 Å². The third-order valence-electron chi connectivity index (χ3n) is 2.82. The molecule has 86 valence electrons. The molecule has 2 N–H and O–H groups in total. The van der Waals surface area contributed by atoms with E-state index in [1.165, 1.54) is 0 Å². The molecule has 0 spiro atoms. The number of benzene rings is 1. The summed E-state index contributed by atoms with van der Waals surface area (Å²) in [6.07, 6.45) is 1.29. The first-order chi connectivity index (χ1) is 8.24. The summed E-state index contributed by atoms with van der Waals surface area (Å²) in [5, 5.41) is 6.09. The van der Waals surface area contributed by atoms with Crippen molar-refractivity contribution >= 4 is 11.6 Å². The molecule has 2 aromatic rings. The Labute approximate surface area is 98.6 Å². The first-order valence-corrected chi connectivity index (χ1v) is 5.45. The Kier molecular flexibility index (Phi) is 2.14. The van der Waals surface area contributed by atoms with Gasteiger partial charge in [0.2, 0.25) is 0 Å². The average Bonchev–Trinajstić information content (AvgIpc) is 2.83. The van der Waals surface area contributed by atoms with Gasteiger partial charge in [-0.3, -0.25) is 4.79 Å². The number of furan rings is 1. The zero-order valence-electron chi connectivity index (χ0n) is 9.36. The van der Waals surface area contributed by atoms with Crippen LogP contribution in [0.1, 0.15) is 27.8 Å². The van der Waals surface area contributed by atoms with E-state index in [2.05, 4.69) is 10.6 Å². The summed E-state index contributed by atoms with van der Waals surface area (Å²) in [6.45, 7) is 1.96. The molecule has 1 atom stereocenters. The number of aryl methyl sites for hydroxylation is 1. The van der Waals surface area contributed by atoms with Gasteiger partial charge in [-0.2, -0.15) is 0 Å². The predicted octanol–water partition coefficient (Wildman–Crippen LogP) is 2.44. The van der Waals surface area contributed by atoms with E-state index >= 15 is 0 Å². The lowest BCUT2D eigenvalue weighted by Gasteiger charge is -2.26. The molecule has 1 aromatic heterocycles. The van der Waals surface area contributed by atoms with Crippen LogP contribution in [0.5, 0.6) is 0 Å². The van der Waals surface area contributed by atoms with Gasteiger partial charge in [0.1, 0.15) is 5.76 Å². The number of nitrogens with one attached hydrogen (secondary N) is 2. The van der Waals surface area contributed by atoms with Crippen molar-refractivity contribution in [2.45, 2.75) is 13.1 Å². The van der Waals surface area contributed by atoms with Gasteiger partial charge < -0.3 is 15.1 Å². The summed E-state index contributed by atoms with van der Waals surface area (Å²) in [6, 6.07) is 9.39. The molecule has 3 rings (SSSR count). The van der Waals surface area contributed by atoms with Crippen LogP contribution in [-0.4, -0.2) is 5.91 Å². The van der Waals surface area contributed by atoms with Crippen LogP contribution in [0.4, 0.5) is 5.69 Å². The fraction of sp³-hybridized carbons (Fsp3) is 0.154. The summed E-state index contributed by atoms with van der Waals surface area (Å²) >= 11 is 0. The van der Waals surface area contributed by atoms with Gasteiger partial charge in [-0.1, -0.05) is 11.6 Å². The number of amides is 1. The zero-order valence-corrected chi connectivity index (χ0v) is 9.36. The number of fused-ring (bicyclic) bond motifs is 1. The summed E-state index contributed by atoms with van der Waals surface area (Å²) in [4.78, 5) is 12.0. The van der Waals surface area contributed by atoms with Gasteiger partial charge in [0.15, 0.2) is 6.17 Å². The first kappa shape index (κ1) is 9.96. The molecule has 0 radical (unpaired) electrons. The molecule has 0 saturated heterocycles. The molecule has 0 aliphatic carbocycles. The van der Waals surface area contributed by atoms with Crippen LogP contribution < -0.4 is 10.6 Å². The Bertz CT molecular complexity index is 561. The standard InChI is InChI=1S/C13H12N2O2/c1-8-4-5-10-9(7-8)13(16)15-12(14-10)11-3-2-6-17-11/h2-7,12,14H,1H3,(H,15,16). The van der Waals surface area contributed by atoms with Crippen molar-refractivity contribution in [1.29, 1.82) is 0 Å². The lowest BCUT2D eigenvalue weighted by Crippen LogP contribution is -2.38. The molecular formula is C13H12N2O2. The molecular weight excluding hydrogens is 216 g/mol. The second kappa shape index (κ2) is 3.66. The minimum absolute atomic E-state index is 0.0798. The minimum atomic E-state index is -0.298. The molecule has 0 bridgehead atoms. The van der Waals surface area contributed by atoms with E-state index in [0.29, 0.717) is 11.3 Å². The Morgan fingerprint density at radius 2 is 2.12 bits per heavy atom. The van der Waals surface area contributed by atoms with Gasteiger partial charge in [-0.25, -0.2) is 0 Å². The highest BCUT2D eigenvalue weighted by molar-refractivity contribution is 6.01. The number of hydrogen-bond acceptors (Lipinski definition) is 3. The van der Waals surface area contributed by atoms with Gasteiger partial charge in [0, 0.05) is 5.69 Å². The molecule has 1 aromatic carbocycles. The Balaban J connectivity index is 1.99. The highest BCUT2D eigenvalue weighted by Crippen LogP contribution is 2.27. The molecule has 0 fully saturated rings. The van der Waals surface area contributed by atoms with Crippen molar-refractivity contribution in [3.05, 3.63) is 53.5 Å². The largest absolute Gasteiger partial charge is 0.465 e. The number of carbonyl (C=O) groups is 1. The van der Waals surface area contributed by atoms with Crippen LogP contribution in [0.25, 0.3) is 0 Å². The van der Waals surface area contributed by atoms with Crippen LogP contribution in [0, 0.1) is 6.92 Å². The van der Waals surface area contributed by atoms with Crippen LogP contribution >= 0.6 is 0 Å². The van der Waals surface area contributed by atoms with Gasteiger partial charge in [-0.05, 0) is 31.2 Å². The topological polar surface area (TPSA) is 54.3 Å². The van der Waals surface area contributed by atoms with Crippen molar-refractivity contribution in [2.75, 3.05) is 5.32 Å². The molecule has 2 heterocycles. The highest BCUT2D eigenvalue weighted by Gasteiger charge is 2.25. The summed E-state index contributed by atoms with van der Waals surface area (Å²) < 4.78 is 5.28. The van der Waals surface area contributed by atoms with Gasteiger partial charge in [0.25, 0.3) is 5.91 Å². The van der Waals surface area contributed by atoms with Crippen LogP contribution in [0.2, 0.25) is 0 Å². The van der Waals surface area contributed by atoms with Crippen molar-refractivity contribution in [3.63, 3.8) is 0 Å².